The minimum atomic E-state index is -4.77. The van der Waals surface area contributed by atoms with Gasteiger partial charge < -0.3 is 15.4 Å². The monoisotopic (exact) mass is 364 g/mol. The Labute approximate surface area is 144 Å². The topological polar surface area (TPSA) is 50.4 Å². The van der Waals surface area contributed by atoms with Crippen LogP contribution >= 0.6 is 12.4 Å². The number of piperidine rings is 1. The molecule has 0 radical (unpaired) electrons. The van der Waals surface area contributed by atoms with Gasteiger partial charge in [-0.2, -0.15) is 0 Å². The van der Waals surface area contributed by atoms with Crippen LogP contribution in [0.15, 0.2) is 18.2 Å². The van der Waals surface area contributed by atoms with Crippen LogP contribution in [0.1, 0.15) is 47.5 Å². The summed E-state index contributed by atoms with van der Waals surface area (Å²) in [6.07, 6.45) is -1.26. The van der Waals surface area contributed by atoms with E-state index in [2.05, 4.69) is 15.4 Å². The number of ether oxygens (including phenoxy) is 1. The molecule has 1 heterocycles. The zero-order valence-corrected chi connectivity index (χ0v) is 13.8. The van der Waals surface area contributed by atoms with Crippen LogP contribution in [0.25, 0.3) is 0 Å². The van der Waals surface area contributed by atoms with Crippen molar-refractivity contribution in [2.24, 2.45) is 0 Å². The van der Waals surface area contributed by atoms with Crippen molar-refractivity contribution in [2.45, 2.75) is 44.0 Å². The van der Waals surface area contributed by atoms with Crippen molar-refractivity contribution in [2.75, 3.05) is 13.1 Å². The molecule has 2 aliphatic rings. The van der Waals surface area contributed by atoms with E-state index in [9.17, 15) is 18.0 Å². The molecule has 1 aliphatic carbocycles. The summed E-state index contributed by atoms with van der Waals surface area (Å²) >= 11 is 0. The quantitative estimate of drug-likeness (QED) is 0.861. The molecule has 1 aromatic carbocycles. The number of halogens is 4. The van der Waals surface area contributed by atoms with Gasteiger partial charge in [0.15, 0.2) is 0 Å². The fraction of sp³-hybridized carbons (Fsp3) is 0.562. The molecular weight excluding hydrogens is 345 g/mol. The normalized spacial score (nSPS) is 18.6. The number of hydrogen-bond donors (Lipinski definition) is 2. The molecule has 134 valence electrons. The molecule has 24 heavy (non-hydrogen) atoms. The summed E-state index contributed by atoms with van der Waals surface area (Å²) in [5.74, 6) is -0.523. The van der Waals surface area contributed by atoms with Gasteiger partial charge in [0.05, 0.1) is 0 Å². The summed E-state index contributed by atoms with van der Waals surface area (Å²) in [4.78, 5) is 12.2. The molecule has 0 bridgehead atoms. The molecule has 1 aliphatic heterocycles. The Kier molecular flexibility index (Phi) is 5.98. The second-order valence-corrected chi connectivity index (χ2v) is 6.11. The van der Waals surface area contributed by atoms with Gasteiger partial charge in [-0.3, -0.25) is 4.79 Å². The van der Waals surface area contributed by atoms with E-state index >= 15 is 0 Å². The van der Waals surface area contributed by atoms with Gasteiger partial charge in [0.1, 0.15) is 5.75 Å². The van der Waals surface area contributed by atoms with Crippen LogP contribution in [-0.2, 0) is 0 Å². The zero-order valence-electron chi connectivity index (χ0n) is 13.0. The van der Waals surface area contributed by atoms with Crippen molar-refractivity contribution in [1.29, 1.82) is 0 Å². The van der Waals surface area contributed by atoms with E-state index in [4.69, 9.17) is 0 Å². The molecule has 0 unspecified atom stereocenters. The molecule has 0 aromatic heterocycles. The second-order valence-electron chi connectivity index (χ2n) is 6.11. The third-order valence-electron chi connectivity index (χ3n) is 4.15. The van der Waals surface area contributed by atoms with Crippen LogP contribution < -0.4 is 15.4 Å². The Morgan fingerprint density at radius 2 is 1.79 bits per heavy atom. The number of hydrogen-bond acceptors (Lipinski definition) is 3. The first-order valence-electron chi connectivity index (χ1n) is 7.83. The molecule has 1 saturated carbocycles. The largest absolute Gasteiger partial charge is 0.573 e. The predicted octanol–water partition coefficient (Wildman–Crippen LogP) is 3.37. The molecule has 1 saturated heterocycles. The minimum Gasteiger partial charge on any atom is -0.406 e. The first-order valence-corrected chi connectivity index (χ1v) is 7.83. The smallest absolute Gasteiger partial charge is 0.406 e. The van der Waals surface area contributed by atoms with Crippen LogP contribution in [0.5, 0.6) is 5.75 Å². The SMILES string of the molecule is Cl.O=C(NC1CC1)c1cc(OC(F)(F)F)cc(C2CCNCC2)c1. The summed E-state index contributed by atoms with van der Waals surface area (Å²) < 4.78 is 41.7. The van der Waals surface area contributed by atoms with Gasteiger partial charge >= 0.3 is 6.36 Å². The third-order valence-corrected chi connectivity index (χ3v) is 4.15. The first-order chi connectivity index (χ1) is 10.9. The van der Waals surface area contributed by atoms with E-state index in [1.165, 1.54) is 6.07 Å². The van der Waals surface area contributed by atoms with Crippen molar-refractivity contribution in [3.8, 4) is 5.75 Å². The lowest BCUT2D eigenvalue weighted by Crippen LogP contribution is -2.28. The highest BCUT2D eigenvalue weighted by molar-refractivity contribution is 5.95. The fourth-order valence-electron chi connectivity index (χ4n) is 2.83. The Morgan fingerprint density at radius 3 is 2.38 bits per heavy atom. The molecule has 1 aromatic rings. The van der Waals surface area contributed by atoms with Crippen molar-refractivity contribution in [3.05, 3.63) is 29.3 Å². The molecule has 1 amide bonds. The maximum atomic E-state index is 12.5. The molecule has 8 heteroatoms. The third kappa shape index (κ3) is 5.27. The van der Waals surface area contributed by atoms with Crippen molar-refractivity contribution >= 4 is 18.3 Å². The van der Waals surface area contributed by atoms with Gasteiger partial charge in [0, 0.05) is 11.6 Å². The second kappa shape index (κ2) is 7.61. The molecule has 2 fully saturated rings. The maximum Gasteiger partial charge on any atom is 0.573 e. The summed E-state index contributed by atoms with van der Waals surface area (Å²) in [7, 11) is 0. The number of amides is 1. The lowest BCUT2D eigenvalue weighted by molar-refractivity contribution is -0.274. The van der Waals surface area contributed by atoms with E-state index in [0.717, 1.165) is 50.4 Å². The van der Waals surface area contributed by atoms with Gasteiger partial charge in [-0.25, -0.2) is 0 Å². The summed E-state index contributed by atoms with van der Waals surface area (Å²) in [5, 5.41) is 6.02. The summed E-state index contributed by atoms with van der Waals surface area (Å²) in [6.45, 7) is 1.64. The van der Waals surface area contributed by atoms with E-state index in [1.54, 1.807) is 6.07 Å². The van der Waals surface area contributed by atoms with Crippen LogP contribution in [0.2, 0.25) is 0 Å². The minimum absolute atomic E-state index is 0. The fourth-order valence-corrected chi connectivity index (χ4v) is 2.83. The number of nitrogens with one attached hydrogen (secondary N) is 2. The van der Waals surface area contributed by atoms with Gasteiger partial charge in [0.25, 0.3) is 5.91 Å². The van der Waals surface area contributed by atoms with Crippen LogP contribution in [0, 0.1) is 0 Å². The van der Waals surface area contributed by atoms with E-state index in [0.29, 0.717) is 0 Å². The Bertz CT molecular complexity index is 585. The van der Waals surface area contributed by atoms with Crippen molar-refractivity contribution < 1.29 is 22.7 Å². The Balaban J connectivity index is 0.00000208. The number of alkyl halides is 3. The highest BCUT2D eigenvalue weighted by Crippen LogP contribution is 2.32. The predicted molar refractivity (Wildman–Crippen MR) is 85.7 cm³/mol. The Hall–Kier alpha value is -1.47. The van der Waals surface area contributed by atoms with Gasteiger partial charge in [0.2, 0.25) is 0 Å². The van der Waals surface area contributed by atoms with Gasteiger partial charge in [-0.15, -0.1) is 25.6 Å². The van der Waals surface area contributed by atoms with Gasteiger partial charge in [-0.05, 0) is 68.5 Å². The summed E-state index contributed by atoms with van der Waals surface area (Å²) in [5.41, 5.74) is 0.960. The summed E-state index contributed by atoms with van der Waals surface area (Å²) in [6, 6.07) is 4.40. The van der Waals surface area contributed by atoms with Gasteiger partial charge in [-0.1, -0.05) is 0 Å². The number of rotatable bonds is 4. The molecular formula is C16H20ClF3N2O2. The average molecular weight is 365 g/mol. The zero-order chi connectivity index (χ0) is 16.4. The lowest BCUT2D eigenvalue weighted by Gasteiger charge is -2.24. The van der Waals surface area contributed by atoms with Crippen LogP contribution in [0.3, 0.4) is 0 Å². The van der Waals surface area contributed by atoms with E-state index in [1.807, 2.05) is 0 Å². The highest BCUT2D eigenvalue weighted by Gasteiger charge is 2.32. The molecule has 0 atom stereocenters. The first kappa shape index (κ1) is 18.9. The maximum absolute atomic E-state index is 12.5. The van der Waals surface area contributed by atoms with E-state index in [-0.39, 0.29) is 41.6 Å². The van der Waals surface area contributed by atoms with E-state index < -0.39 is 6.36 Å². The average Bonchev–Trinajstić information content (AvgIpc) is 3.30. The molecule has 3 rings (SSSR count). The molecule has 0 spiro atoms. The van der Waals surface area contributed by atoms with Crippen LogP contribution in [0.4, 0.5) is 13.2 Å². The number of carbonyl (C=O) groups excluding carboxylic acids is 1. The number of benzene rings is 1. The standard InChI is InChI=1S/C16H19F3N2O2.ClH/c17-16(18,19)23-14-8-11(10-3-5-20-6-4-10)7-12(9-14)15(22)21-13-1-2-13;/h7-10,13,20H,1-6H2,(H,21,22);1H. The highest BCUT2D eigenvalue weighted by atomic mass is 35.5. The molecule has 2 N–H and O–H groups in total. The lowest BCUT2D eigenvalue weighted by atomic mass is 9.89. The van der Waals surface area contributed by atoms with Crippen molar-refractivity contribution in [3.63, 3.8) is 0 Å². The van der Waals surface area contributed by atoms with Crippen molar-refractivity contribution in [1.82, 2.24) is 10.6 Å². The number of carbonyl (C=O) groups is 1. The Morgan fingerprint density at radius 1 is 1.12 bits per heavy atom. The molecule has 4 nitrogen and oxygen atoms in total. The van der Waals surface area contributed by atoms with Crippen LogP contribution in [-0.4, -0.2) is 31.4 Å².